The van der Waals surface area contributed by atoms with Crippen molar-refractivity contribution >= 4 is 29.1 Å². The minimum absolute atomic E-state index is 0.253. The van der Waals surface area contributed by atoms with E-state index in [0.717, 1.165) is 5.56 Å². The van der Waals surface area contributed by atoms with Crippen molar-refractivity contribution in [1.29, 1.82) is 0 Å². The lowest BCUT2D eigenvalue weighted by Gasteiger charge is -2.27. The van der Waals surface area contributed by atoms with Crippen LogP contribution >= 0.6 is 7.26 Å². The molecule has 3 aromatic carbocycles. The smallest absolute Gasteiger partial charge is 0.342 e. The fourth-order valence-electron chi connectivity index (χ4n) is 4.48. The highest BCUT2D eigenvalue weighted by molar-refractivity contribution is 7.95. The first-order valence-corrected chi connectivity index (χ1v) is 13.7. The van der Waals surface area contributed by atoms with Crippen molar-refractivity contribution < 1.29 is 13.9 Å². The Kier molecular flexibility index (Phi) is 7.05. The molecular weight excluding hydrogens is 439 g/mol. The SMILES string of the molecule is CCOC(=O)c1c(C(C)(C)C)coc1C[P+](c1ccccc1)(c1ccccc1)c1ccccc1. The van der Waals surface area contributed by atoms with Gasteiger partial charge in [0.05, 0.1) is 12.9 Å². The summed E-state index contributed by atoms with van der Waals surface area (Å²) in [6, 6.07) is 31.9. The van der Waals surface area contributed by atoms with Crippen molar-refractivity contribution in [1.82, 2.24) is 0 Å². The predicted octanol–water partition coefficient (Wildman–Crippen LogP) is 6.25. The standard InChI is InChI=1S/C30H32O3P/c1-5-32-29(31)28-26(30(2,3)4)21-33-27(28)22-34(23-15-9-6-10-16-23,24-17-11-7-12-18-24)25-19-13-8-14-20-25/h6-21H,5,22H2,1-4H3/q+1. The van der Waals surface area contributed by atoms with Crippen molar-refractivity contribution in [2.24, 2.45) is 0 Å². The average Bonchev–Trinajstić information content (AvgIpc) is 3.29. The first kappa shape index (κ1) is 24.0. The van der Waals surface area contributed by atoms with E-state index in [1.807, 2.05) is 25.1 Å². The highest BCUT2D eigenvalue weighted by atomic mass is 31.2. The second-order valence-electron chi connectivity index (χ2n) is 9.39. The Balaban J connectivity index is 2.01. The van der Waals surface area contributed by atoms with Crippen LogP contribution in [0.15, 0.2) is 102 Å². The molecule has 4 heteroatoms. The van der Waals surface area contributed by atoms with E-state index in [9.17, 15) is 4.79 Å². The van der Waals surface area contributed by atoms with E-state index in [-0.39, 0.29) is 11.4 Å². The summed E-state index contributed by atoms with van der Waals surface area (Å²) in [6.45, 7) is 8.45. The second kappa shape index (κ2) is 9.99. The van der Waals surface area contributed by atoms with E-state index in [2.05, 4.69) is 93.6 Å². The summed E-state index contributed by atoms with van der Waals surface area (Å²) in [7, 11) is -2.20. The molecule has 1 aromatic heterocycles. The summed E-state index contributed by atoms with van der Waals surface area (Å²) >= 11 is 0. The van der Waals surface area contributed by atoms with Crippen molar-refractivity contribution in [3.63, 3.8) is 0 Å². The molecule has 0 bridgehead atoms. The van der Waals surface area contributed by atoms with Crippen molar-refractivity contribution in [2.75, 3.05) is 6.61 Å². The quantitative estimate of drug-likeness (QED) is 0.236. The molecule has 34 heavy (non-hydrogen) atoms. The lowest BCUT2D eigenvalue weighted by Crippen LogP contribution is -2.32. The Morgan fingerprint density at radius 3 is 1.62 bits per heavy atom. The molecule has 1 heterocycles. The Labute approximate surface area is 203 Å². The van der Waals surface area contributed by atoms with Gasteiger partial charge in [-0.2, -0.15) is 0 Å². The molecule has 0 unspecified atom stereocenters. The fraction of sp³-hybridized carbons (Fsp3) is 0.233. The van der Waals surface area contributed by atoms with E-state index in [4.69, 9.17) is 9.15 Å². The van der Waals surface area contributed by atoms with Crippen LogP contribution in [0.3, 0.4) is 0 Å². The first-order chi connectivity index (χ1) is 16.4. The molecule has 0 N–H and O–H groups in total. The summed E-state index contributed by atoms with van der Waals surface area (Å²) in [4.78, 5) is 13.2. The number of ether oxygens (including phenoxy) is 1. The molecule has 0 amide bonds. The van der Waals surface area contributed by atoms with Crippen molar-refractivity contribution in [3.05, 3.63) is 114 Å². The Hall–Kier alpha value is -3.16. The van der Waals surface area contributed by atoms with Crippen LogP contribution < -0.4 is 15.9 Å². The zero-order valence-electron chi connectivity index (χ0n) is 20.3. The van der Waals surface area contributed by atoms with E-state index < -0.39 is 7.26 Å². The number of carbonyl (C=O) groups excluding carboxylic acids is 1. The topological polar surface area (TPSA) is 39.4 Å². The molecular formula is C30H32O3P+. The Bertz CT molecular complexity index is 1130. The van der Waals surface area contributed by atoms with Crippen LogP contribution in [0.5, 0.6) is 0 Å². The summed E-state index contributed by atoms with van der Waals surface area (Å²) in [5.41, 5.74) is 1.20. The van der Waals surface area contributed by atoms with E-state index in [1.165, 1.54) is 15.9 Å². The predicted molar refractivity (Wildman–Crippen MR) is 142 cm³/mol. The number of rotatable bonds is 7. The molecule has 0 radical (unpaired) electrons. The molecule has 3 nitrogen and oxygen atoms in total. The van der Waals surface area contributed by atoms with Crippen LogP contribution in [0.2, 0.25) is 0 Å². The van der Waals surface area contributed by atoms with Crippen molar-refractivity contribution in [3.8, 4) is 0 Å². The Morgan fingerprint density at radius 1 is 0.794 bits per heavy atom. The number of benzene rings is 3. The minimum atomic E-state index is -2.20. The largest absolute Gasteiger partial charge is 0.464 e. The Morgan fingerprint density at radius 2 is 1.24 bits per heavy atom. The molecule has 0 aliphatic heterocycles. The first-order valence-electron chi connectivity index (χ1n) is 11.7. The highest BCUT2D eigenvalue weighted by Gasteiger charge is 2.48. The van der Waals surface area contributed by atoms with Gasteiger partial charge in [-0.3, -0.25) is 0 Å². The van der Waals surface area contributed by atoms with Gasteiger partial charge in [-0.1, -0.05) is 75.4 Å². The van der Waals surface area contributed by atoms with E-state index in [0.29, 0.717) is 24.1 Å². The van der Waals surface area contributed by atoms with Crippen LogP contribution in [-0.2, 0) is 16.3 Å². The molecule has 0 aliphatic carbocycles. The van der Waals surface area contributed by atoms with Gasteiger partial charge in [-0.25, -0.2) is 4.79 Å². The zero-order chi connectivity index (χ0) is 24.2. The van der Waals surface area contributed by atoms with Crippen LogP contribution in [0.25, 0.3) is 0 Å². The summed E-state index contributed by atoms with van der Waals surface area (Å²) < 4.78 is 11.7. The van der Waals surface area contributed by atoms with Gasteiger partial charge < -0.3 is 9.15 Å². The second-order valence-corrected chi connectivity index (χ2v) is 12.9. The third-order valence-corrected chi connectivity index (χ3v) is 10.4. The molecule has 4 aromatic rings. The molecule has 0 spiro atoms. The lowest BCUT2D eigenvalue weighted by molar-refractivity contribution is 0.0521. The third-order valence-electron chi connectivity index (χ3n) is 6.13. The fourth-order valence-corrected chi connectivity index (χ4v) is 8.63. The van der Waals surface area contributed by atoms with E-state index >= 15 is 0 Å². The van der Waals surface area contributed by atoms with Gasteiger partial charge in [0.15, 0.2) is 5.76 Å². The molecule has 4 rings (SSSR count). The van der Waals surface area contributed by atoms with Crippen LogP contribution in [0, 0.1) is 0 Å². The van der Waals surface area contributed by atoms with Gasteiger partial charge in [0, 0.05) is 5.56 Å². The van der Waals surface area contributed by atoms with Gasteiger partial charge in [0.2, 0.25) is 0 Å². The third kappa shape index (κ3) is 4.58. The number of carbonyl (C=O) groups is 1. The van der Waals surface area contributed by atoms with Gasteiger partial charge in [-0.05, 0) is 48.7 Å². The van der Waals surface area contributed by atoms with E-state index in [1.54, 1.807) is 6.26 Å². The highest BCUT2D eigenvalue weighted by Crippen LogP contribution is 2.59. The van der Waals surface area contributed by atoms with Gasteiger partial charge in [0.25, 0.3) is 0 Å². The number of esters is 1. The van der Waals surface area contributed by atoms with Crippen molar-refractivity contribution in [2.45, 2.75) is 39.3 Å². The van der Waals surface area contributed by atoms with Crippen LogP contribution in [0.1, 0.15) is 49.4 Å². The molecule has 0 fully saturated rings. The molecule has 0 saturated carbocycles. The maximum absolute atomic E-state index is 13.2. The lowest BCUT2D eigenvalue weighted by atomic mass is 9.86. The summed E-state index contributed by atoms with van der Waals surface area (Å²) in [5, 5.41) is 3.74. The maximum atomic E-state index is 13.2. The number of furan rings is 1. The summed E-state index contributed by atoms with van der Waals surface area (Å²) in [6.07, 6.45) is 2.34. The minimum Gasteiger partial charge on any atom is -0.464 e. The van der Waals surface area contributed by atoms with Crippen LogP contribution in [-0.4, -0.2) is 12.6 Å². The molecule has 174 valence electrons. The summed E-state index contributed by atoms with van der Waals surface area (Å²) in [5.74, 6) is 0.372. The monoisotopic (exact) mass is 471 g/mol. The average molecular weight is 472 g/mol. The number of hydrogen-bond donors (Lipinski definition) is 0. The zero-order valence-corrected chi connectivity index (χ0v) is 21.2. The maximum Gasteiger partial charge on any atom is 0.342 e. The van der Waals surface area contributed by atoms with Gasteiger partial charge in [-0.15, -0.1) is 0 Å². The number of hydrogen-bond acceptors (Lipinski definition) is 3. The molecule has 0 saturated heterocycles. The van der Waals surface area contributed by atoms with Crippen LogP contribution in [0.4, 0.5) is 0 Å². The molecule has 0 atom stereocenters. The normalized spacial score (nSPS) is 11.9. The van der Waals surface area contributed by atoms with Gasteiger partial charge in [0.1, 0.15) is 34.9 Å². The van der Waals surface area contributed by atoms with Gasteiger partial charge >= 0.3 is 5.97 Å². The molecule has 0 aliphatic rings.